The van der Waals surface area contributed by atoms with Crippen LogP contribution in [0.2, 0.25) is 0 Å². The zero-order chi connectivity index (χ0) is 28.7. The molecule has 206 valence electrons. The number of thiophene rings is 1. The molecule has 2 N–H and O–H groups in total. The van der Waals surface area contributed by atoms with Crippen molar-refractivity contribution in [3.8, 4) is 27.9 Å². The normalized spacial score (nSPS) is 11.3. The zero-order valence-electron chi connectivity index (χ0n) is 21.2. The first-order chi connectivity index (χ1) is 19.8. The van der Waals surface area contributed by atoms with Crippen molar-refractivity contribution in [3.05, 3.63) is 116 Å². The summed E-state index contributed by atoms with van der Waals surface area (Å²) in [7, 11) is -0.309. The van der Waals surface area contributed by atoms with Crippen molar-refractivity contribution >= 4 is 121 Å². The fraction of sp³-hybridized carbons (Fsp3) is 0.0625. The highest BCUT2D eigenvalue weighted by Gasteiger charge is 2.25. The number of rotatable bonds is 7. The molecule has 0 unspecified atom stereocenters. The third kappa shape index (κ3) is 6.24. The van der Waals surface area contributed by atoms with E-state index in [2.05, 4.69) is 151 Å². The zero-order valence-corrected chi connectivity index (χ0v) is 30.7. The number of phenols is 2. The topological polar surface area (TPSA) is 58.9 Å². The summed E-state index contributed by atoms with van der Waals surface area (Å²) in [4.78, 5) is 1.12. The molecule has 1 aromatic heterocycles. The Morgan fingerprint density at radius 2 is 0.927 bits per heavy atom. The minimum Gasteiger partial charge on any atom is -0.506 e. The summed E-state index contributed by atoms with van der Waals surface area (Å²) >= 11 is 8.57. The molecule has 6 rings (SSSR count). The highest BCUT2D eigenvalue weighted by Crippen LogP contribution is 2.50. The summed E-state index contributed by atoms with van der Waals surface area (Å²) < 4.78 is 18.5. The monoisotopic (exact) mass is 1010 g/mol. The van der Waals surface area contributed by atoms with Gasteiger partial charge in [0.25, 0.3) is 0 Å². The molecule has 4 nitrogen and oxygen atoms in total. The molecule has 1 heterocycles. The number of halogens is 4. The predicted molar refractivity (Wildman–Crippen MR) is 201 cm³/mol. The van der Waals surface area contributed by atoms with Gasteiger partial charge in [-0.3, -0.25) is 0 Å². The number of ether oxygens (including phenoxy) is 2. The van der Waals surface area contributed by atoms with Crippen LogP contribution in [0.1, 0.15) is 11.1 Å². The average Bonchev–Trinajstić information content (AvgIpc) is 3.31. The second-order valence-corrected chi connectivity index (χ2v) is 15.9. The van der Waals surface area contributed by atoms with Crippen LogP contribution < -0.4 is 9.47 Å². The van der Waals surface area contributed by atoms with E-state index in [0.29, 0.717) is 24.7 Å². The highest BCUT2D eigenvalue weighted by atomic mass is 127. The Kier molecular flexibility index (Phi) is 9.06. The molecule has 9 heteroatoms. The molecule has 41 heavy (non-hydrogen) atoms. The summed E-state index contributed by atoms with van der Waals surface area (Å²) in [5, 5.41) is 22.9. The highest BCUT2D eigenvalue weighted by molar-refractivity contribution is 14.1. The Labute approximate surface area is 294 Å². The molecular weight excluding hydrogens is 988 g/mol. The van der Waals surface area contributed by atoms with E-state index in [1.165, 1.54) is 20.2 Å². The van der Waals surface area contributed by atoms with Crippen molar-refractivity contribution in [1.29, 1.82) is 0 Å². The van der Waals surface area contributed by atoms with E-state index >= 15 is 0 Å². The molecule has 0 saturated heterocycles. The van der Waals surface area contributed by atoms with Crippen LogP contribution in [-0.4, -0.2) is 10.2 Å². The van der Waals surface area contributed by atoms with E-state index < -0.39 is 0 Å². The summed E-state index contributed by atoms with van der Waals surface area (Å²) in [5.74, 6) is 2.04. The maximum atomic E-state index is 10.2. The summed E-state index contributed by atoms with van der Waals surface area (Å²) in [5.41, 5.74) is 1.97. The Morgan fingerprint density at radius 1 is 0.537 bits per heavy atom. The van der Waals surface area contributed by atoms with Gasteiger partial charge >= 0.3 is 0 Å². The fourth-order valence-electron chi connectivity index (χ4n) is 4.67. The third-order valence-electron chi connectivity index (χ3n) is 6.56. The largest absolute Gasteiger partial charge is 0.506 e. The first kappa shape index (κ1) is 29.5. The van der Waals surface area contributed by atoms with Crippen LogP contribution in [0.15, 0.2) is 91.0 Å². The predicted octanol–water partition coefficient (Wildman–Crippen LogP) is 10.7. The number of fused-ring (bicyclic) bond motifs is 3. The van der Waals surface area contributed by atoms with E-state index in [1.807, 2.05) is 30.3 Å². The average molecular weight is 1010 g/mol. The molecule has 0 amide bonds. The Morgan fingerprint density at radius 3 is 1.34 bits per heavy atom. The van der Waals surface area contributed by atoms with Gasteiger partial charge in [-0.15, -0.1) is 0 Å². The van der Waals surface area contributed by atoms with Crippen LogP contribution in [0.25, 0.3) is 25.1 Å². The molecule has 0 aliphatic heterocycles. The van der Waals surface area contributed by atoms with Crippen molar-refractivity contribution in [1.82, 2.24) is 0 Å². The molecule has 0 fully saturated rings. The number of aromatic hydroxyl groups is 2. The lowest BCUT2D eigenvalue weighted by atomic mass is 10.2. The van der Waals surface area contributed by atoms with Crippen LogP contribution in [-0.2, 0) is 13.2 Å². The lowest BCUT2D eigenvalue weighted by Gasteiger charge is -2.12. The molecule has 0 spiro atoms. The third-order valence-corrected chi connectivity index (χ3v) is 12.1. The second kappa shape index (κ2) is 12.6. The van der Waals surface area contributed by atoms with Crippen LogP contribution in [0.3, 0.4) is 0 Å². The Hall–Kier alpha value is -1.56. The van der Waals surface area contributed by atoms with Crippen molar-refractivity contribution in [2.24, 2.45) is 0 Å². The fourth-order valence-corrected chi connectivity index (χ4v) is 10.9. The molecular formula is C32H21I4O4S+. The van der Waals surface area contributed by atoms with Gasteiger partial charge < -0.3 is 19.7 Å². The maximum absolute atomic E-state index is 10.2. The number of hydrogen-bond donors (Lipinski definition) is 2. The molecule has 6 aromatic rings. The van der Waals surface area contributed by atoms with Gasteiger partial charge in [-0.2, -0.15) is 0 Å². The number of benzene rings is 5. The first-order valence-corrected chi connectivity index (χ1v) is 18.0. The van der Waals surface area contributed by atoms with Crippen molar-refractivity contribution in [2.75, 3.05) is 0 Å². The lowest BCUT2D eigenvalue weighted by molar-refractivity contribution is 0.290. The van der Waals surface area contributed by atoms with Gasteiger partial charge in [0.2, 0.25) is 0 Å². The first-order valence-electron chi connectivity index (χ1n) is 12.5. The van der Waals surface area contributed by atoms with Gasteiger partial charge in [0.05, 0.1) is 14.3 Å². The smallest absolute Gasteiger partial charge is 0.187 e. The van der Waals surface area contributed by atoms with E-state index in [9.17, 15) is 10.2 Å². The number of hydrogen-bond acceptors (Lipinski definition) is 4. The lowest BCUT2D eigenvalue weighted by Crippen LogP contribution is -2.00. The van der Waals surface area contributed by atoms with E-state index in [-0.39, 0.29) is 10.5 Å². The molecule has 0 radical (unpaired) electrons. The summed E-state index contributed by atoms with van der Waals surface area (Å²) in [6.45, 7) is 0.731. The maximum Gasteiger partial charge on any atom is 0.187 e. The minimum atomic E-state index is -0.309. The van der Waals surface area contributed by atoms with Crippen LogP contribution in [0.5, 0.6) is 23.0 Å². The molecule has 0 saturated carbocycles. The van der Waals surface area contributed by atoms with Gasteiger partial charge in [0.15, 0.2) is 14.3 Å². The summed E-state index contributed by atoms with van der Waals surface area (Å²) in [6.07, 6.45) is 0. The summed E-state index contributed by atoms with van der Waals surface area (Å²) in [6, 6.07) is 31.2. The molecule has 0 aliphatic carbocycles. The van der Waals surface area contributed by atoms with Crippen LogP contribution >= 0.6 is 101 Å². The van der Waals surface area contributed by atoms with Crippen LogP contribution in [0.4, 0.5) is 0 Å². The molecule has 5 aromatic carbocycles. The van der Waals surface area contributed by atoms with Crippen molar-refractivity contribution in [2.45, 2.75) is 13.2 Å². The van der Waals surface area contributed by atoms with Crippen molar-refractivity contribution < 1.29 is 19.7 Å². The molecule has 0 bridgehead atoms. The Bertz CT molecular complexity index is 1760. The van der Waals surface area contributed by atoms with Gasteiger partial charge in [-0.25, -0.2) is 0 Å². The van der Waals surface area contributed by atoms with E-state index in [1.54, 1.807) is 0 Å². The quantitative estimate of drug-likeness (QED) is 0.124. The van der Waals surface area contributed by atoms with Gasteiger partial charge in [-0.05, 0) is 150 Å². The van der Waals surface area contributed by atoms with Gasteiger partial charge in [-0.1, -0.05) is 24.3 Å². The molecule has 0 atom stereocenters. The van der Waals surface area contributed by atoms with E-state index in [4.69, 9.17) is 9.47 Å². The van der Waals surface area contributed by atoms with Gasteiger partial charge in [0, 0.05) is 39.4 Å². The minimum absolute atomic E-state index is 0.297. The van der Waals surface area contributed by atoms with Gasteiger partial charge in [0.1, 0.15) is 36.2 Å². The Balaban J connectivity index is 1.42. The van der Waals surface area contributed by atoms with Crippen molar-refractivity contribution in [3.63, 3.8) is 0 Å². The second-order valence-electron chi connectivity index (χ2n) is 9.33. The number of phenolic OH excluding ortho intramolecular Hbond substituents is 2. The van der Waals surface area contributed by atoms with Crippen LogP contribution in [0, 0.1) is 14.3 Å². The SMILES string of the molecule is Oc1c(I)cc(COc2cc(OCc3cc(I)c(O)c(I)c3)cc(-[s+]3c4ccccc4c4ccccc43)c2)cc1I. The standard InChI is InChI=1S/C32H20I4O4S/c33-25-9-18(10-26(34)31(25)37)16-39-20-13-21(40-17-19-11-27(35)32(38)28(36)12-19)15-22(14-20)41-29-7-3-1-5-23(29)24-6-2-4-8-30(24)41/h1-15H,16-17H2,(H-,37,38)/p+1. The van der Waals surface area contributed by atoms with E-state index in [0.717, 1.165) is 41.8 Å². The molecule has 0 aliphatic rings.